The van der Waals surface area contributed by atoms with Gasteiger partial charge in [0, 0.05) is 5.69 Å². The van der Waals surface area contributed by atoms with E-state index in [-0.39, 0.29) is 0 Å². The first-order valence-corrected chi connectivity index (χ1v) is 3.20. The molecule has 11 heavy (non-hydrogen) atoms. The number of aldehydes is 1. The minimum atomic E-state index is 0.302. The van der Waals surface area contributed by atoms with Gasteiger partial charge in [-0.05, 0) is 6.92 Å². The summed E-state index contributed by atoms with van der Waals surface area (Å²) >= 11 is 0. The lowest BCUT2D eigenvalue weighted by Crippen LogP contribution is -1.78. The molecule has 0 aliphatic carbocycles. The van der Waals surface area contributed by atoms with E-state index < -0.39 is 0 Å². The van der Waals surface area contributed by atoms with E-state index >= 15 is 0 Å². The Bertz CT molecular complexity index is 399. The third-order valence-corrected chi connectivity index (χ3v) is 1.53. The van der Waals surface area contributed by atoms with Crippen LogP contribution in [0.2, 0.25) is 0 Å². The predicted octanol–water partition coefficient (Wildman–Crippen LogP) is 1.05. The number of fused-ring (bicyclic) bond motifs is 1. The standard InChI is InChI=1S/C7H6N2O2/c1-5-2-8-7-9(5)3-6(4-10)11-7/h2-4H,1H3. The number of nitrogens with zero attached hydrogens (tertiary/aromatic N) is 2. The van der Waals surface area contributed by atoms with E-state index in [0.29, 0.717) is 17.9 Å². The average Bonchev–Trinajstić information content (AvgIpc) is 2.53. The fourth-order valence-corrected chi connectivity index (χ4v) is 0.970. The summed E-state index contributed by atoms with van der Waals surface area (Å²) in [4.78, 5) is 14.2. The van der Waals surface area contributed by atoms with Crippen LogP contribution in [-0.2, 0) is 0 Å². The van der Waals surface area contributed by atoms with Crippen molar-refractivity contribution in [2.24, 2.45) is 0 Å². The third-order valence-electron chi connectivity index (χ3n) is 1.53. The zero-order chi connectivity index (χ0) is 7.84. The van der Waals surface area contributed by atoms with Gasteiger partial charge < -0.3 is 4.42 Å². The van der Waals surface area contributed by atoms with Crippen molar-refractivity contribution in [1.82, 2.24) is 9.38 Å². The fraction of sp³-hybridized carbons (Fsp3) is 0.143. The topological polar surface area (TPSA) is 47.5 Å². The Morgan fingerprint density at radius 3 is 3.18 bits per heavy atom. The molecule has 0 atom stereocenters. The van der Waals surface area contributed by atoms with Crippen molar-refractivity contribution in [2.45, 2.75) is 6.92 Å². The van der Waals surface area contributed by atoms with Gasteiger partial charge in [-0.1, -0.05) is 0 Å². The molecule has 0 amide bonds. The molecule has 2 aromatic heterocycles. The molecule has 4 nitrogen and oxygen atoms in total. The fourth-order valence-electron chi connectivity index (χ4n) is 0.970. The first kappa shape index (κ1) is 6.15. The summed E-state index contributed by atoms with van der Waals surface area (Å²) < 4.78 is 6.75. The lowest BCUT2D eigenvalue weighted by molar-refractivity contribution is 0.110. The smallest absolute Gasteiger partial charge is 0.306 e. The Hall–Kier alpha value is -1.58. The highest BCUT2D eigenvalue weighted by atomic mass is 16.4. The maximum Gasteiger partial charge on any atom is 0.306 e. The van der Waals surface area contributed by atoms with Crippen molar-refractivity contribution in [2.75, 3.05) is 0 Å². The van der Waals surface area contributed by atoms with Gasteiger partial charge in [-0.15, -0.1) is 0 Å². The van der Waals surface area contributed by atoms with Gasteiger partial charge in [-0.3, -0.25) is 9.20 Å². The zero-order valence-corrected chi connectivity index (χ0v) is 5.94. The summed E-state index contributed by atoms with van der Waals surface area (Å²) in [6.45, 7) is 1.89. The maximum atomic E-state index is 10.3. The molecule has 0 radical (unpaired) electrons. The van der Waals surface area contributed by atoms with E-state index in [4.69, 9.17) is 4.42 Å². The summed E-state index contributed by atoms with van der Waals surface area (Å²) in [7, 11) is 0. The van der Waals surface area contributed by atoms with Crippen molar-refractivity contribution in [1.29, 1.82) is 0 Å². The molecule has 4 heteroatoms. The highest BCUT2D eigenvalue weighted by molar-refractivity contribution is 5.70. The van der Waals surface area contributed by atoms with Crippen LogP contribution >= 0.6 is 0 Å². The van der Waals surface area contributed by atoms with E-state index in [2.05, 4.69) is 4.98 Å². The summed E-state index contributed by atoms with van der Waals surface area (Å²) in [6.07, 6.45) is 3.96. The molecule has 2 aromatic rings. The summed E-state index contributed by atoms with van der Waals surface area (Å²) in [6, 6.07) is 0. The number of carbonyl (C=O) groups excluding carboxylic acids is 1. The number of hydrogen-bond donors (Lipinski definition) is 0. The molecule has 0 unspecified atom stereocenters. The second-order valence-electron chi connectivity index (χ2n) is 2.30. The summed E-state index contributed by atoms with van der Waals surface area (Å²) in [5.41, 5.74) is 0.955. The monoisotopic (exact) mass is 150 g/mol. The first-order chi connectivity index (χ1) is 5.31. The van der Waals surface area contributed by atoms with Crippen LogP contribution in [0.4, 0.5) is 0 Å². The Morgan fingerprint density at radius 2 is 2.55 bits per heavy atom. The number of rotatable bonds is 1. The molecule has 0 saturated heterocycles. The highest BCUT2D eigenvalue weighted by Gasteiger charge is 2.04. The third kappa shape index (κ3) is 0.756. The zero-order valence-electron chi connectivity index (χ0n) is 5.94. The second kappa shape index (κ2) is 1.95. The minimum Gasteiger partial charge on any atom is -0.420 e. The average molecular weight is 150 g/mol. The Balaban J connectivity index is 2.79. The van der Waals surface area contributed by atoms with Crippen molar-refractivity contribution >= 4 is 12.1 Å². The number of oxazole rings is 1. The molecular weight excluding hydrogens is 144 g/mol. The van der Waals surface area contributed by atoms with Gasteiger partial charge in [-0.25, -0.2) is 4.98 Å². The molecule has 0 spiro atoms. The van der Waals surface area contributed by atoms with Gasteiger partial charge in [0.2, 0.25) is 0 Å². The van der Waals surface area contributed by atoms with Gasteiger partial charge in [0.05, 0.1) is 12.4 Å². The second-order valence-corrected chi connectivity index (χ2v) is 2.30. The number of imidazole rings is 1. The van der Waals surface area contributed by atoms with E-state index in [0.717, 1.165) is 5.69 Å². The quantitative estimate of drug-likeness (QED) is 0.571. The van der Waals surface area contributed by atoms with E-state index in [1.807, 2.05) is 6.92 Å². The molecule has 2 rings (SSSR count). The molecule has 0 aromatic carbocycles. The van der Waals surface area contributed by atoms with Gasteiger partial charge in [0.1, 0.15) is 0 Å². The van der Waals surface area contributed by atoms with Crippen LogP contribution in [-0.4, -0.2) is 15.7 Å². The van der Waals surface area contributed by atoms with E-state index in [1.165, 1.54) is 0 Å². The molecule has 0 bridgehead atoms. The van der Waals surface area contributed by atoms with Crippen molar-refractivity contribution in [3.8, 4) is 0 Å². The van der Waals surface area contributed by atoms with Crippen molar-refractivity contribution < 1.29 is 9.21 Å². The summed E-state index contributed by atoms with van der Waals surface area (Å²) in [5, 5.41) is 0. The van der Waals surface area contributed by atoms with Crippen molar-refractivity contribution in [3.05, 3.63) is 23.8 Å². The van der Waals surface area contributed by atoms with E-state index in [9.17, 15) is 4.79 Å². The van der Waals surface area contributed by atoms with Gasteiger partial charge in [0.15, 0.2) is 12.0 Å². The number of hydrogen-bond acceptors (Lipinski definition) is 3. The van der Waals surface area contributed by atoms with Gasteiger partial charge >= 0.3 is 5.84 Å². The van der Waals surface area contributed by atoms with Crippen LogP contribution in [0.15, 0.2) is 16.8 Å². The highest BCUT2D eigenvalue weighted by Crippen LogP contribution is 2.08. The SMILES string of the molecule is Cc1cnc2oc(C=O)cn12. The van der Waals surface area contributed by atoms with Crippen LogP contribution in [0, 0.1) is 6.92 Å². The first-order valence-electron chi connectivity index (χ1n) is 3.20. The molecule has 56 valence electrons. The molecule has 0 N–H and O–H groups in total. The Labute approximate surface area is 62.5 Å². The molecule has 2 heterocycles. The predicted molar refractivity (Wildman–Crippen MR) is 37.6 cm³/mol. The lowest BCUT2D eigenvalue weighted by Gasteiger charge is -1.80. The largest absolute Gasteiger partial charge is 0.420 e. The molecular formula is C7H6N2O2. The van der Waals surface area contributed by atoms with Crippen LogP contribution in [0.25, 0.3) is 5.84 Å². The molecule has 0 saturated carbocycles. The Morgan fingerprint density at radius 1 is 1.73 bits per heavy atom. The van der Waals surface area contributed by atoms with Crippen molar-refractivity contribution in [3.63, 3.8) is 0 Å². The Kier molecular flexibility index (Phi) is 1.09. The number of carbonyl (C=O) groups is 1. The van der Waals surface area contributed by atoms with E-state index in [1.54, 1.807) is 16.8 Å². The van der Waals surface area contributed by atoms with Gasteiger partial charge in [-0.2, -0.15) is 0 Å². The number of aryl methyl sites for hydroxylation is 1. The van der Waals surface area contributed by atoms with Crippen LogP contribution in [0.5, 0.6) is 0 Å². The normalized spacial score (nSPS) is 10.6. The van der Waals surface area contributed by atoms with Gasteiger partial charge in [0.25, 0.3) is 0 Å². The minimum absolute atomic E-state index is 0.302. The van der Waals surface area contributed by atoms with Crippen LogP contribution in [0.1, 0.15) is 16.2 Å². The summed E-state index contributed by atoms with van der Waals surface area (Å²) in [5.74, 6) is 0.765. The maximum absolute atomic E-state index is 10.3. The number of aromatic nitrogens is 2. The molecule has 0 fully saturated rings. The van der Waals surface area contributed by atoms with Crippen LogP contribution in [0.3, 0.4) is 0 Å². The lowest BCUT2D eigenvalue weighted by atomic mass is 10.5. The van der Waals surface area contributed by atoms with Crippen LogP contribution < -0.4 is 0 Å². The molecule has 0 aliphatic heterocycles. The molecule has 0 aliphatic rings.